The number of amides is 1. The fourth-order valence-electron chi connectivity index (χ4n) is 1.04. The predicted molar refractivity (Wildman–Crippen MR) is 51.9 cm³/mol. The van der Waals surface area contributed by atoms with Crippen LogP contribution in [-0.2, 0) is 9.53 Å². The van der Waals surface area contributed by atoms with Crippen LogP contribution in [0.4, 0.5) is 10.5 Å². The van der Waals surface area contributed by atoms with Gasteiger partial charge in [-0.2, -0.15) is 0 Å². The Hall–Kier alpha value is -1.84. The number of carbonyl (C=O) groups is 1. The van der Waals surface area contributed by atoms with E-state index in [0.717, 1.165) is 0 Å². The molecular formula is C10H10NO3. The number of hydrogen-bond donors (Lipinski definition) is 0. The lowest BCUT2D eigenvalue weighted by molar-refractivity contribution is 0.179. The third-order valence-electron chi connectivity index (χ3n) is 1.69. The van der Waals surface area contributed by atoms with E-state index in [1.54, 1.807) is 30.6 Å². The Balaban J connectivity index is 2.88. The van der Waals surface area contributed by atoms with Crippen LogP contribution < -0.4 is 4.90 Å². The second-order valence-corrected chi connectivity index (χ2v) is 2.54. The van der Waals surface area contributed by atoms with E-state index in [1.165, 1.54) is 12.0 Å². The highest BCUT2D eigenvalue weighted by atomic mass is 16.5. The summed E-state index contributed by atoms with van der Waals surface area (Å²) in [4.78, 5) is 22.7. The lowest BCUT2D eigenvalue weighted by Crippen LogP contribution is -2.32. The van der Waals surface area contributed by atoms with Crippen LogP contribution in [0, 0.1) is 0 Å². The average Bonchev–Trinajstić information content (AvgIpc) is 2.26. The standard InChI is InChI=1S/C10H10NO3/c1-14-10(13)11(7-8-12)9-5-3-2-4-6-9/h2-6H,7H2,1H3. The average molecular weight is 192 g/mol. The van der Waals surface area contributed by atoms with Gasteiger partial charge in [0.15, 0.2) is 0 Å². The molecule has 14 heavy (non-hydrogen) atoms. The number of anilines is 1. The van der Waals surface area contributed by atoms with E-state index < -0.39 is 6.09 Å². The molecule has 4 nitrogen and oxygen atoms in total. The molecule has 0 atom stereocenters. The summed E-state index contributed by atoms with van der Waals surface area (Å²) in [5.41, 5.74) is 0.614. The molecule has 1 radical (unpaired) electrons. The molecule has 0 aromatic heterocycles. The van der Waals surface area contributed by atoms with Crippen molar-refractivity contribution in [2.45, 2.75) is 0 Å². The molecule has 0 N–H and O–H groups in total. The lowest BCUT2D eigenvalue weighted by atomic mass is 10.3. The third kappa shape index (κ3) is 2.32. The summed E-state index contributed by atoms with van der Waals surface area (Å²) in [5.74, 6) is 0. The SMILES string of the molecule is COC(=O)N(C[C]=O)c1ccccc1. The molecule has 0 saturated heterocycles. The molecule has 0 aliphatic rings. The quantitative estimate of drug-likeness (QED) is 0.726. The van der Waals surface area contributed by atoms with Gasteiger partial charge >= 0.3 is 6.09 Å². The largest absolute Gasteiger partial charge is 0.452 e. The lowest BCUT2D eigenvalue weighted by Gasteiger charge is -2.17. The molecule has 0 spiro atoms. The van der Waals surface area contributed by atoms with Gasteiger partial charge in [0.2, 0.25) is 6.29 Å². The van der Waals surface area contributed by atoms with Crippen molar-refractivity contribution in [2.24, 2.45) is 0 Å². The molecule has 0 aliphatic heterocycles. The van der Waals surface area contributed by atoms with Crippen molar-refractivity contribution < 1.29 is 14.3 Å². The van der Waals surface area contributed by atoms with Crippen molar-refractivity contribution in [3.05, 3.63) is 30.3 Å². The van der Waals surface area contributed by atoms with Crippen LogP contribution in [0.3, 0.4) is 0 Å². The second-order valence-electron chi connectivity index (χ2n) is 2.54. The van der Waals surface area contributed by atoms with E-state index in [9.17, 15) is 9.59 Å². The highest BCUT2D eigenvalue weighted by Gasteiger charge is 2.14. The van der Waals surface area contributed by atoms with Crippen LogP contribution in [-0.4, -0.2) is 26.0 Å². The molecule has 1 amide bonds. The molecule has 1 aromatic carbocycles. The number of carbonyl (C=O) groups excluding carboxylic acids is 2. The number of hydrogen-bond acceptors (Lipinski definition) is 3. The van der Waals surface area contributed by atoms with Crippen LogP contribution in [0.25, 0.3) is 0 Å². The van der Waals surface area contributed by atoms with E-state index >= 15 is 0 Å². The highest BCUT2D eigenvalue weighted by molar-refractivity contribution is 5.90. The number of para-hydroxylation sites is 1. The summed E-state index contributed by atoms with van der Waals surface area (Å²) in [6.45, 7) is -0.128. The van der Waals surface area contributed by atoms with Crippen molar-refractivity contribution in [2.75, 3.05) is 18.6 Å². The van der Waals surface area contributed by atoms with Crippen molar-refractivity contribution in [1.82, 2.24) is 0 Å². The Bertz CT molecular complexity index is 310. The Kier molecular flexibility index (Phi) is 3.67. The fourth-order valence-corrected chi connectivity index (χ4v) is 1.04. The first-order chi connectivity index (χ1) is 6.79. The number of methoxy groups -OCH3 is 1. The monoisotopic (exact) mass is 192 g/mol. The maximum Gasteiger partial charge on any atom is 0.414 e. The minimum Gasteiger partial charge on any atom is -0.452 e. The molecule has 0 saturated carbocycles. The van der Waals surface area contributed by atoms with Gasteiger partial charge in [0.25, 0.3) is 0 Å². The maximum absolute atomic E-state index is 11.2. The molecule has 0 fully saturated rings. The summed E-state index contributed by atoms with van der Waals surface area (Å²) in [6, 6.07) is 8.80. The molecule has 4 heteroatoms. The topological polar surface area (TPSA) is 46.6 Å². The van der Waals surface area contributed by atoms with E-state index in [0.29, 0.717) is 5.69 Å². The number of benzene rings is 1. The molecule has 0 heterocycles. The fraction of sp³-hybridized carbons (Fsp3) is 0.200. The molecule has 1 rings (SSSR count). The minimum atomic E-state index is -0.570. The van der Waals surface area contributed by atoms with E-state index in [4.69, 9.17) is 0 Å². The van der Waals surface area contributed by atoms with Gasteiger partial charge in [0.05, 0.1) is 13.7 Å². The van der Waals surface area contributed by atoms with Gasteiger partial charge in [-0.05, 0) is 12.1 Å². The summed E-state index contributed by atoms with van der Waals surface area (Å²) < 4.78 is 4.53. The first-order valence-electron chi connectivity index (χ1n) is 4.05. The molecule has 0 aliphatic carbocycles. The van der Waals surface area contributed by atoms with Gasteiger partial charge in [0, 0.05) is 5.69 Å². The third-order valence-corrected chi connectivity index (χ3v) is 1.69. The van der Waals surface area contributed by atoms with Crippen LogP contribution in [0.15, 0.2) is 30.3 Å². The van der Waals surface area contributed by atoms with Gasteiger partial charge in [0.1, 0.15) is 0 Å². The Morgan fingerprint density at radius 3 is 2.57 bits per heavy atom. The summed E-state index contributed by atoms with van der Waals surface area (Å²) >= 11 is 0. The van der Waals surface area contributed by atoms with Gasteiger partial charge in [-0.1, -0.05) is 18.2 Å². The van der Waals surface area contributed by atoms with Crippen molar-refractivity contribution in [1.29, 1.82) is 0 Å². The van der Waals surface area contributed by atoms with Gasteiger partial charge < -0.3 is 4.74 Å². The molecular weight excluding hydrogens is 182 g/mol. The van der Waals surface area contributed by atoms with Gasteiger partial charge in [-0.25, -0.2) is 4.79 Å². The zero-order valence-electron chi connectivity index (χ0n) is 7.77. The Morgan fingerprint density at radius 2 is 2.07 bits per heavy atom. The second kappa shape index (κ2) is 5.01. The van der Waals surface area contributed by atoms with Gasteiger partial charge in [-0.3, -0.25) is 9.69 Å². The van der Waals surface area contributed by atoms with E-state index in [2.05, 4.69) is 4.74 Å². The molecule has 0 bridgehead atoms. The summed E-state index contributed by atoms with van der Waals surface area (Å²) in [6.07, 6.45) is 1.09. The Morgan fingerprint density at radius 1 is 1.43 bits per heavy atom. The summed E-state index contributed by atoms with van der Waals surface area (Å²) in [7, 11) is 1.27. The Labute approximate surface area is 82.1 Å². The van der Waals surface area contributed by atoms with E-state index in [-0.39, 0.29) is 6.54 Å². The zero-order valence-corrected chi connectivity index (χ0v) is 7.77. The smallest absolute Gasteiger partial charge is 0.414 e. The van der Waals surface area contributed by atoms with Crippen molar-refractivity contribution in [3.8, 4) is 0 Å². The molecule has 0 unspecified atom stereocenters. The van der Waals surface area contributed by atoms with Crippen molar-refractivity contribution >= 4 is 18.1 Å². The van der Waals surface area contributed by atoms with Gasteiger partial charge in [-0.15, -0.1) is 0 Å². The number of ether oxygens (including phenoxy) is 1. The number of rotatable bonds is 3. The summed E-state index contributed by atoms with van der Waals surface area (Å²) in [5, 5.41) is 0. The van der Waals surface area contributed by atoms with Crippen LogP contribution in [0.5, 0.6) is 0 Å². The van der Waals surface area contributed by atoms with E-state index in [1.807, 2.05) is 6.07 Å². The first-order valence-corrected chi connectivity index (χ1v) is 4.05. The maximum atomic E-state index is 11.2. The zero-order chi connectivity index (χ0) is 10.4. The first kappa shape index (κ1) is 10.2. The van der Waals surface area contributed by atoms with Crippen LogP contribution in [0.1, 0.15) is 0 Å². The van der Waals surface area contributed by atoms with Crippen molar-refractivity contribution in [3.63, 3.8) is 0 Å². The van der Waals surface area contributed by atoms with Crippen LogP contribution in [0.2, 0.25) is 0 Å². The normalized spacial score (nSPS) is 9.21. The molecule has 73 valence electrons. The highest BCUT2D eigenvalue weighted by Crippen LogP contribution is 2.13. The molecule has 1 aromatic rings. The number of nitrogens with zero attached hydrogens (tertiary/aromatic N) is 1. The minimum absolute atomic E-state index is 0.128. The predicted octanol–water partition coefficient (Wildman–Crippen LogP) is 1.37. The van der Waals surface area contributed by atoms with Crippen LogP contribution >= 0.6 is 0 Å².